The van der Waals surface area contributed by atoms with Gasteiger partial charge in [0, 0.05) is 11.3 Å². The molecule has 0 aromatic heterocycles. The predicted octanol–water partition coefficient (Wildman–Crippen LogP) is 5.66. The van der Waals surface area contributed by atoms with Gasteiger partial charge in [0.15, 0.2) is 0 Å². The van der Waals surface area contributed by atoms with E-state index in [2.05, 4.69) is 10.0 Å². The number of amides is 1. The minimum atomic E-state index is -3.72. The molecule has 29 heavy (non-hydrogen) atoms. The maximum absolute atomic E-state index is 12.6. The number of hydrogen-bond acceptors (Lipinski definition) is 3. The number of halogens is 2. The second-order valence-corrected chi connectivity index (χ2v) is 9.03. The Morgan fingerprint density at radius 2 is 1.55 bits per heavy atom. The summed E-state index contributed by atoms with van der Waals surface area (Å²) in [6.45, 7) is 3.61. The standard InChI is InChI=1S/C21H18Cl2N2O3S/c1-13-3-7-17(8-4-13)29(27,28)25-20-10-5-15(11-14(20)2)21(26)24-16-6-9-18(22)19(23)12-16/h3-12,25H,1-2H3,(H,24,26). The van der Waals surface area contributed by atoms with E-state index in [0.717, 1.165) is 5.56 Å². The van der Waals surface area contributed by atoms with Crippen LogP contribution in [0.1, 0.15) is 21.5 Å². The van der Waals surface area contributed by atoms with Gasteiger partial charge in [0.1, 0.15) is 0 Å². The largest absolute Gasteiger partial charge is 0.322 e. The Balaban J connectivity index is 1.78. The molecular weight excluding hydrogens is 431 g/mol. The van der Waals surface area contributed by atoms with Gasteiger partial charge >= 0.3 is 0 Å². The molecule has 0 bridgehead atoms. The van der Waals surface area contributed by atoms with Crippen LogP contribution in [0.3, 0.4) is 0 Å². The zero-order valence-electron chi connectivity index (χ0n) is 15.7. The Morgan fingerprint density at radius 3 is 2.17 bits per heavy atom. The van der Waals surface area contributed by atoms with Crippen molar-refractivity contribution in [1.82, 2.24) is 0 Å². The van der Waals surface area contributed by atoms with Crippen molar-refractivity contribution in [2.75, 3.05) is 10.0 Å². The highest BCUT2D eigenvalue weighted by Crippen LogP contribution is 2.26. The van der Waals surface area contributed by atoms with Gasteiger partial charge in [0.05, 0.1) is 20.6 Å². The van der Waals surface area contributed by atoms with E-state index in [9.17, 15) is 13.2 Å². The van der Waals surface area contributed by atoms with E-state index in [4.69, 9.17) is 23.2 Å². The van der Waals surface area contributed by atoms with Crippen molar-refractivity contribution in [3.63, 3.8) is 0 Å². The Kier molecular flexibility index (Phi) is 6.17. The predicted molar refractivity (Wildman–Crippen MR) is 118 cm³/mol. The van der Waals surface area contributed by atoms with Crippen molar-refractivity contribution < 1.29 is 13.2 Å². The quantitative estimate of drug-likeness (QED) is 0.528. The van der Waals surface area contributed by atoms with Crippen LogP contribution in [0.5, 0.6) is 0 Å². The Labute approximate surface area is 179 Å². The lowest BCUT2D eigenvalue weighted by molar-refractivity contribution is 0.102. The lowest BCUT2D eigenvalue weighted by atomic mass is 10.1. The molecule has 1 amide bonds. The van der Waals surface area contributed by atoms with Crippen LogP contribution >= 0.6 is 23.2 Å². The second-order valence-electron chi connectivity index (χ2n) is 6.53. The van der Waals surface area contributed by atoms with Crippen LogP contribution in [0.15, 0.2) is 65.6 Å². The summed E-state index contributed by atoms with van der Waals surface area (Å²) in [6.07, 6.45) is 0. The molecule has 2 N–H and O–H groups in total. The molecule has 0 radical (unpaired) electrons. The summed E-state index contributed by atoms with van der Waals surface area (Å²) in [6, 6.07) is 16.1. The Hall–Kier alpha value is -2.54. The molecule has 3 aromatic carbocycles. The van der Waals surface area contributed by atoms with Gasteiger partial charge in [-0.1, -0.05) is 40.9 Å². The molecule has 0 aliphatic rings. The minimum Gasteiger partial charge on any atom is -0.322 e. The average molecular weight is 449 g/mol. The van der Waals surface area contributed by atoms with Gasteiger partial charge in [-0.15, -0.1) is 0 Å². The summed E-state index contributed by atoms with van der Waals surface area (Å²) < 4.78 is 27.7. The Morgan fingerprint density at radius 1 is 0.862 bits per heavy atom. The monoisotopic (exact) mass is 448 g/mol. The molecule has 0 aliphatic heterocycles. The number of nitrogens with one attached hydrogen (secondary N) is 2. The van der Waals surface area contributed by atoms with E-state index < -0.39 is 10.0 Å². The summed E-state index contributed by atoms with van der Waals surface area (Å²) in [5.41, 5.74) is 2.87. The molecule has 3 aromatic rings. The third kappa shape index (κ3) is 5.09. The molecule has 3 rings (SSSR count). The molecule has 150 valence electrons. The minimum absolute atomic E-state index is 0.170. The first-order valence-corrected chi connectivity index (χ1v) is 10.9. The maximum atomic E-state index is 12.6. The van der Waals surface area contributed by atoms with E-state index in [0.29, 0.717) is 32.5 Å². The van der Waals surface area contributed by atoms with Crippen molar-refractivity contribution in [3.8, 4) is 0 Å². The first-order chi connectivity index (χ1) is 13.7. The molecule has 0 saturated heterocycles. The van der Waals surface area contributed by atoms with Gasteiger partial charge in [-0.25, -0.2) is 8.42 Å². The second kappa shape index (κ2) is 8.45. The van der Waals surface area contributed by atoms with Gasteiger partial charge in [-0.3, -0.25) is 9.52 Å². The number of anilines is 2. The highest BCUT2D eigenvalue weighted by molar-refractivity contribution is 7.92. The average Bonchev–Trinajstić information content (AvgIpc) is 2.66. The van der Waals surface area contributed by atoms with Crippen molar-refractivity contribution in [2.45, 2.75) is 18.7 Å². The van der Waals surface area contributed by atoms with Gasteiger partial charge in [0.25, 0.3) is 15.9 Å². The normalized spacial score (nSPS) is 11.2. The number of sulfonamides is 1. The number of aryl methyl sites for hydroxylation is 2. The molecule has 5 nitrogen and oxygen atoms in total. The van der Waals surface area contributed by atoms with Gasteiger partial charge in [-0.2, -0.15) is 0 Å². The van der Waals surface area contributed by atoms with Crippen molar-refractivity contribution >= 4 is 50.5 Å². The van der Waals surface area contributed by atoms with Crippen LogP contribution < -0.4 is 10.0 Å². The molecule has 0 atom stereocenters. The first kappa shape index (κ1) is 21.2. The lowest BCUT2D eigenvalue weighted by Crippen LogP contribution is -2.15. The zero-order chi connectivity index (χ0) is 21.2. The molecule has 0 spiro atoms. The summed E-state index contributed by atoms with van der Waals surface area (Å²) in [5, 5.41) is 3.46. The molecule has 0 saturated carbocycles. The van der Waals surface area contributed by atoms with Gasteiger partial charge in [-0.05, 0) is 67.9 Å². The fraction of sp³-hybridized carbons (Fsp3) is 0.0952. The van der Waals surface area contributed by atoms with Crippen molar-refractivity contribution in [2.24, 2.45) is 0 Å². The number of hydrogen-bond donors (Lipinski definition) is 2. The fourth-order valence-electron chi connectivity index (χ4n) is 2.62. The number of benzene rings is 3. The third-order valence-corrected chi connectivity index (χ3v) is 6.36. The van der Waals surface area contributed by atoms with E-state index in [-0.39, 0.29) is 10.8 Å². The highest BCUT2D eigenvalue weighted by Gasteiger charge is 2.16. The van der Waals surface area contributed by atoms with Crippen molar-refractivity contribution in [1.29, 1.82) is 0 Å². The molecule has 0 fully saturated rings. The molecule has 0 unspecified atom stereocenters. The lowest BCUT2D eigenvalue weighted by Gasteiger charge is -2.12. The van der Waals surface area contributed by atoms with E-state index in [1.807, 2.05) is 6.92 Å². The molecule has 0 aliphatic carbocycles. The third-order valence-electron chi connectivity index (χ3n) is 4.24. The molecule has 0 heterocycles. The van der Waals surface area contributed by atoms with Crippen LogP contribution in [-0.4, -0.2) is 14.3 Å². The smallest absolute Gasteiger partial charge is 0.261 e. The van der Waals surface area contributed by atoms with Crippen LogP contribution in [0.25, 0.3) is 0 Å². The van der Waals surface area contributed by atoms with Crippen LogP contribution in [0, 0.1) is 13.8 Å². The van der Waals surface area contributed by atoms with Crippen molar-refractivity contribution in [3.05, 3.63) is 87.4 Å². The summed E-state index contributed by atoms with van der Waals surface area (Å²) in [7, 11) is -3.72. The van der Waals surface area contributed by atoms with Crippen LogP contribution in [0.4, 0.5) is 11.4 Å². The Bertz CT molecular complexity index is 1180. The topological polar surface area (TPSA) is 75.3 Å². The number of rotatable bonds is 5. The zero-order valence-corrected chi connectivity index (χ0v) is 18.0. The molecular formula is C21H18Cl2N2O3S. The fourth-order valence-corrected chi connectivity index (χ4v) is 4.05. The number of carbonyl (C=O) groups is 1. The van der Waals surface area contributed by atoms with E-state index >= 15 is 0 Å². The van der Waals surface area contributed by atoms with Crippen LogP contribution in [0.2, 0.25) is 10.0 Å². The van der Waals surface area contributed by atoms with Crippen LogP contribution in [-0.2, 0) is 10.0 Å². The van der Waals surface area contributed by atoms with Gasteiger partial charge in [0.2, 0.25) is 0 Å². The SMILES string of the molecule is Cc1ccc(S(=O)(=O)Nc2ccc(C(=O)Nc3ccc(Cl)c(Cl)c3)cc2C)cc1. The summed E-state index contributed by atoms with van der Waals surface area (Å²) in [5.74, 6) is -0.348. The maximum Gasteiger partial charge on any atom is 0.261 e. The highest BCUT2D eigenvalue weighted by atomic mass is 35.5. The summed E-state index contributed by atoms with van der Waals surface area (Å²) in [4.78, 5) is 12.7. The van der Waals surface area contributed by atoms with E-state index in [1.54, 1.807) is 67.6 Å². The number of carbonyl (C=O) groups excluding carboxylic acids is 1. The first-order valence-electron chi connectivity index (χ1n) is 8.62. The van der Waals surface area contributed by atoms with E-state index in [1.165, 1.54) is 0 Å². The van der Waals surface area contributed by atoms with Gasteiger partial charge < -0.3 is 5.32 Å². The molecule has 8 heteroatoms. The summed E-state index contributed by atoms with van der Waals surface area (Å²) >= 11 is 11.8.